The molecule has 0 bridgehead atoms. The van der Waals surface area contributed by atoms with Gasteiger partial charge in [-0.3, -0.25) is 0 Å². The lowest BCUT2D eigenvalue weighted by atomic mass is 9.96. The Labute approximate surface area is 188 Å². The zero-order chi connectivity index (χ0) is 20.1. The van der Waals surface area contributed by atoms with Gasteiger partial charge in [0.1, 0.15) is 5.75 Å². The van der Waals surface area contributed by atoms with Crippen LogP contribution < -0.4 is 4.74 Å². The predicted octanol–water partition coefficient (Wildman–Crippen LogP) is 7.54. The van der Waals surface area contributed by atoms with Crippen LogP contribution in [0.1, 0.15) is 35.4 Å². The van der Waals surface area contributed by atoms with Crippen molar-refractivity contribution in [1.82, 2.24) is 5.01 Å². The van der Waals surface area contributed by atoms with Crippen LogP contribution in [0.15, 0.2) is 65.8 Å². The maximum atomic E-state index is 6.49. The molecule has 3 aromatic rings. The Balaban J connectivity index is 1.62. The van der Waals surface area contributed by atoms with Gasteiger partial charge in [0.2, 0.25) is 6.23 Å². The molecular weight excluding hydrogens is 450 g/mol. The Morgan fingerprint density at radius 1 is 0.828 bits per heavy atom. The van der Waals surface area contributed by atoms with Gasteiger partial charge in [0.25, 0.3) is 0 Å². The summed E-state index contributed by atoms with van der Waals surface area (Å²) < 4.78 is 6.32. The second-order valence-corrected chi connectivity index (χ2v) is 8.70. The van der Waals surface area contributed by atoms with Crippen LogP contribution in [0.2, 0.25) is 20.1 Å². The van der Waals surface area contributed by atoms with E-state index in [1.165, 1.54) is 0 Å². The molecule has 3 aromatic carbocycles. The fourth-order valence-electron chi connectivity index (χ4n) is 3.78. The van der Waals surface area contributed by atoms with Crippen LogP contribution in [0.25, 0.3) is 0 Å². The molecule has 0 amide bonds. The zero-order valence-corrected chi connectivity index (χ0v) is 18.0. The van der Waals surface area contributed by atoms with Gasteiger partial charge in [-0.2, -0.15) is 5.10 Å². The molecule has 29 heavy (non-hydrogen) atoms. The van der Waals surface area contributed by atoms with Crippen LogP contribution in [0.3, 0.4) is 0 Å². The van der Waals surface area contributed by atoms with Gasteiger partial charge in [0.15, 0.2) is 0 Å². The summed E-state index contributed by atoms with van der Waals surface area (Å²) >= 11 is 24.9. The van der Waals surface area contributed by atoms with E-state index in [4.69, 9.17) is 56.2 Å². The molecule has 0 fully saturated rings. The summed E-state index contributed by atoms with van der Waals surface area (Å²) in [6, 6.07) is 18.8. The topological polar surface area (TPSA) is 24.8 Å². The van der Waals surface area contributed by atoms with Crippen LogP contribution in [-0.2, 0) is 0 Å². The Hall–Kier alpha value is -1.91. The molecule has 2 atom stereocenters. The summed E-state index contributed by atoms with van der Waals surface area (Å²) in [5, 5.41) is 9.30. The van der Waals surface area contributed by atoms with Crippen molar-refractivity contribution in [1.29, 1.82) is 0 Å². The average Bonchev–Trinajstić information content (AvgIpc) is 3.14. The van der Waals surface area contributed by atoms with Gasteiger partial charge < -0.3 is 4.74 Å². The van der Waals surface area contributed by atoms with Gasteiger partial charge in [-0.1, -0.05) is 70.7 Å². The van der Waals surface area contributed by atoms with E-state index in [1.54, 1.807) is 6.07 Å². The van der Waals surface area contributed by atoms with Crippen molar-refractivity contribution in [2.24, 2.45) is 5.10 Å². The monoisotopic (exact) mass is 462 g/mol. The van der Waals surface area contributed by atoms with E-state index in [1.807, 2.05) is 59.6 Å². The van der Waals surface area contributed by atoms with Gasteiger partial charge in [-0.15, -0.1) is 0 Å². The number of halogens is 4. The fraction of sp³-hybridized carbons (Fsp3) is 0.136. The van der Waals surface area contributed by atoms with Crippen molar-refractivity contribution in [3.63, 3.8) is 0 Å². The molecule has 5 rings (SSSR count). The smallest absolute Gasteiger partial charge is 0.213 e. The van der Waals surface area contributed by atoms with Gasteiger partial charge in [-0.05, 0) is 42.0 Å². The largest absolute Gasteiger partial charge is 0.463 e. The lowest BCUT2D eigenvalue weighted by Crippen LogP contribution is -2.33. The number of hydrogen-bond acceptors (Lipinski definition) is 3. The standard InChI is InChI=1S/C22H14Cl4N2O/c23-14-5-1-12(2-6-14)19-11-20-17-9-16(25)10-18(26)21(17)29-22(28(20)27-19)13-3-7-15(24)8-4-13/h1-10,20,22H,11H2/t20-,22-/m1/s1. The number of nitrogens with zero attached hydrogens (tertiary/aromatic N) is 2. The van der Waals surface area contributed by atoms with Gasteiger partial charge in [0.05, 0.1) is 16.8 Å². The number of ether oxygens (including phenoxy) is 1. The lowest BCUT2D eigenvalue weighted by molar-refractivity contribution is -0.0189. The summed E-state index contributed by atoms with van der Waals surface area (Å²) in [6.45, 7) is 0. The molecule has 0 saturated heterocycles. The molecule has 3 nitrogen and oxygen atoms in total. The molecule has 2 aliphatic heterocycles. The van der Waals surface area contributed by atoms with Crippen LogP contribution >= 0.6 is 46.4 Å². The third-order valence-corrected chi connectivity index (χ3v) is 6.14. The average molecular weight is 464 g/mol. The summed E-state index contributed by atoms with van der Waals surface area (Å²) in [4.78, 5) is 0. The van der Waals surface area contributed by atoms with Gasteiger partial charge in [0, 0.05) is 32.6 Å². The fourth-order valence-corrected chi connectivity index (χ4v) is 4.58. The Morgan fingerprint density at radius 3 is 2.17 bits per heavy atom. The van der Waals surface area contributed by atoms with E-state index in [-0.39, 0.29) is 6.04 Å². The van der Waals surface area contributed by atoms with Crippen molar-refractivity contribution < 1.29 is 4.74 Å². The molecule has 7 heteroatoms. The zero-order valence-electron chi connectivity index (χ0n) is 14.9. The third kappa shape index (κ3) is 3.47. The molecular formula is C22H14Cl4N2O. The molecule has 0 radical (unpaired) electrons. The first-order chi connectivity index (χ1) is 14.0. The summed E-state index contributed by atoms with van der Waals surface area (Å²) in [6.07, 6.45) is 0.284. The molecule has 0 aromatic heterocycles. The number of hydrazone groups is 1. The van der Waals surface area contributed by atoms with Crippen LogP contribution in [-0.4, -0.2) is 10.7 Å². The minimum absolute atomic E-state index is 0.0405. The minimum atomic E-state index is -0.423. The number of rotatable bonds is 2. The highest BCUT2D eigenvalue weighted by molar-refractivity contribution is 6.35. The minimum Gasteiger partial charge on any atom is -0.463 e. The molecule has 146 valence electrons. The summed E-state index contributed by atoms with van der Waals surface area (Å²) in [7, 11) is 0. The lowest BCUT2D eigenvalue weighted by Gasteiger charge is -2.38. The van der Waals surface area contributed by atoms with Crippen LogP contribution in [0, 0.1) is 0 Å². The Bertz CT molecular complexity index is 1110. The molecule has 0 spiro atoms. The third-order valence-electron chi connectivity index (χ3n) is 5.14. The molecule has 0 saturated carbocycles. The quantitative estimate of drug-likeness (QED) is 0.392. The first-order valence-electron chi connectivity index (χ1n) is 9.02. The van der Waals surface area contributed by atoms with E-state index < -0.39 is 6.23 Å². The van der Waals surface area contributed by atoms with Crippen molar-refractivity contribution in [3.05, 3.63) is 97.4 Å². The molecule has 0 N–H and O–H groups in total. The first kappa shape index (κ1) is 19.1. The number of benzene rings is 3. The van der Waals surface area contributed by atoms with Crippen molar-refractivity contribution in [2.75, 3.05) is 0 Å². The summed E-state index contributed by atoms with van der Waals surface area (Å²) in [5.74, 6) is 0.643. The molecule has 2 heterocycles. The Morgan fingerprint density at radius 2 is 1.48 bits per heavy atom. The maximum absolute atomic E-state index is 6.49. The number of fused-ring (bicyclic) bond motifs is 3. The van der Waals surface area contributed by atoms with Crippen LogP contribution in [0.5, 0.6) is 5.75 Å². The SMILES string of the molecule is Clc1ccc(C2=NN3[C@H](C2)c2cc(Cl)cc(Cl)c2O[C@@H]3c2ccc(Cl)cc2)cc1. The van der Waals surface area contributed by atoms with Crippen molar-refractivity contribution >= 4 is 52.1 Å². The highest BCUT2D eigenvalue weighted by Crippen LogP contribution is 2.50. The van der Waals surface area contributed by atoms with Crippen molar-refractivity contribution in [3.8, 4) is 5.75 Å². The van der Waals surface area contributed by atoms with Gasteiger partial charge in [-0.25, -0.2) is 5.01 Å². The van der Waals surface area contributed by atoms with Gasteiger partial charge >= 0.3 is 0 Å². The van der Waals surface area contributed by atoms with E-state index in [0.29, 0.717) is 32.3 Å². The Kier molecular flexibility index (Phi) is 4.87. The molecule has 2 aliphatic rings. The highest BCUT2D eigenvalue weighted by Gasteiger charge is 2.42. The number of hydrogen-bond donors (Lipinski definition) is 0. The van der Waals surface area contributed by atoms with E-state index in [0.717, 1.165) is 22.4 Å². The summed E-state index contributed by atoms with van der Waals surface area (Å²) in [5.41, 5.74) is 3.85. The highest BCUT2D eigenvalue weighted by atomic mass is 35.5. The second kappa shape index (κ2) is 7.41. The van der Waals surface area contributed by atoms with E-state index >= 15 is 0 Å². The molecule has 0 aliphatic carbocycles. The predicted molar refractivity (Wildman–Crippen MR) is 118 cm³/mol. The second-order valence-electron chi connectivity index (χ2n) is 6.98. The molecule has 0 unspecified atom stereocenters. The van der Waals surface area contributed by atoms with E-state index in [2.05, 4.69) is 0 Å². The normalized spacial score (nSPS) is 20.0. The van der Waals surface area contributed by atoms with Crippen molar-refractivity contribution in [2.45, 2.75) is 18.7 Å². The van der Waals surface area contributed by atoms with Crippen LogP contribution in [0.4, 0.5) is 0 Å². The van der Waals surface area contributed by atoms with E-state index in [9.17, 15) is 0 Å². The first-order valence-corrected chi connectivity index (χ1v) is 10.5. The maximum Gasteiger partial charge on any atom is 0.213 e.